The lowest BCUT2D eigenvalue weighted by atomic mass is 10.3. The first-order valence-electron chi connectivity index (χ1n) is 3.73. The van der Waals surface area contributed by atoms with Gasteiger partial charge in [-0.3, -0.25) is 0 Å². The van der Waals surface area contributed by atoms with Crippen LogP contribution in [0.5, 0.6) is 0 Å². The molecule has 0 spiro atoms. The lowest BCUT2D eigenvalue weighted by Gasteiger charge is -2.06. The molecule has 0 bridgehead atoms. The highest BCUT2D eigenvalue weighted by molar-refractivity contribution is 4.95. The summed E-state index contributed by atoms with van der Waals surface area (Å²) in [6.07, 6.45) is 3.16. The lowest BCUT2D eigenvalue weighted by Crippen LogP contribution is -2.17. The number of allylic oxidation sites excluding steroid dienone is 2. The van der Waals surface area contributed by atoms with E-state index in [0.29, 0.717) is 0 Å². The molecule has 0 rings (SSSR count). The number of ether oxygens (including phenoxy) is 1. The fourth-order valence-electron chi connectivity index (χ4n) is 0.745. The second-order valence-electron chi connectivity index (χ2n) is 2.09. The van der Waals surface area contributed by atoms with Gasteiger partial charge in [-0.1, -0.05) is 13.0 Å². The van der Waals surface area contributed by atoms with Crippen molar-refractivity contribution in [1.82, 2.24) is 5.32 Å². The van der Waals surface area contributed by atoms with Crippen LogP contribution in [-0.4, -0.2) is 20.3 Å². The zero-order valence-electron chi connectivity index (χ0n) is 7.11. The Bertz CT molecular complexity index is 99.4. The van der Waals surface area contributed by atoms with E-state index in [0.717, 1.165) is 19.6 Å². The average molecular weight is 143 g/mol. The third kappa shape index (κ3) is 4.39. The molecule has 0 radical (unpaired) electrons. The molecule has 2 nitrogen and oxygen atoms in total. The van der Waals surface area contributed by atoms with Gasteiger partial charge in [-0.15, -0.1) is 0 Å². The average Bonchev–Trinajstić information content (AvgIpc) is 1.99. The van der Waals surface area contributed by atoms with Crippen LogP contribution in [0.2, 0.25) is 0 Å². The highest BCUT2D eigenvalue weighted by Crippen LogP contribution is 1.92. The molecule has 0 aliphatic carbocycles. The Morgan fingerprint density at radius 2 is 2.30 bits per heavy atom. The van der Waals surface area contributed by atoms with Gasteiger partial charge in [0.1, 0.15) is 0 Å². The van der Waals surface area contributed by atoms with Gasteiger partial charge in [-0.25, -0.2) is 0 Å². The van der Waals surface area contributed by atoms with E-state index in [9.17, 15) is 0 Å². The summed E-state index contributed by atoms with van der Waals surface area (Å²) in [6.45, 7) is 5.86. The molecule has 10 heavy (non-hydrogen) atoms. The molecule has 0 aromatic carbocycles. The normalized spacial score (nSPS) is 11.7. The molecule has 0 aromatic heterocycles. The molecule has 0 saturated heterocycles. The van der Waals surface area contributed by atoms with Crippen LogP contribution in [0.3, 0.4) is 0 Å². The van der Waals surface area contributed by atoms with Gasteiger partial charge in [0.05, 0.1) is 6.61 Å². The molecule has 0 unspecified atom stereocenters. The van der Waals surface area contributed by atoms with Crippen molar-refractivity contribution in [2.45, 2.75) is 20.3 Å². The largest absolute Gasteiger partial charge is 0.386 e. The van der Waals surface area contributed by atoms with Gasteiger partial charge in [0, 0.05) is 19.4 Å². The third-order valence-corrected chi connectivity index (χ3v) is 1.39. The Morgan fingerprint density at radius 3 is 2.70 bits per heavy atom. The number of methoxy groups -OCH3 is 1. The van der Waals surface area contributed by atoms with E-state index in [2.05, 4.69) is 18.3 Å². The maximum atomic E-state index is 4.89. The molecule has 0 amide bonds. The Balaban J connectivity index is 3.27. The molecular weight excluding hydrogens is 126 g/mol. The predicted octanol–water partition coefficient (Wildman–Crippen LogP) is 1.54. The van der Waals surface area contributed by atoms with Gasteiger partial charge in [0.15, 0.2) is 0 Å². The summed E-state index contributed by atoms with van der Waals surface area (Å²) in [5.41, 5.74) is 1.29. The first kappa shape index (κ1) is 9.50. The number of hydrogen-bond acceptors (Lipinski definition) is 2. The third-order valence-electron chi connectivity index (χ3n) is 1.39. The molecule has 2 heteroatoms. The van der Waals surface area contributed by atoms with Crippen molar-refractivity contribution in [3.05, 3.63) is 11.8 Å². The van der Waals surface area contributed by atoms with Crippen LogP contribution in [0.15, 0.2) is 11.8 Å². The van der Waals surface area contributed by atoms with Crippen LogP contribution in [-0.2, 0) is 4.74 Å². The minimum Gasteiger partial charge on any atom is -0.386 e. The quantitative estimate of drug-likeness (QED) is 0.589. The fraction of sp³-hybridized carbons (Fsp3) is 0.750. The summed E-state index contributed by atoms with van der Waals surface area (Å²) in [5, 5.41) is 3.26. The highest BCUT2D eigenvalue weighted by atomic mass is 16.5. The van der Waals surface area contributed by atoms with E-state index in [1.54, 1.807) is 7.11 Å². The standard InChI is InChI=1S/C8H17NO/c1-4-8(5-2)9-6-7-10-3/h4,9H,5-7H2,1-3H3/b8-4-. The minimum absolute atomic E-state index is 0.775. The van der Waals surface area contributed by atoms with E-state index in [1.807, 2.05) is 6.92 Å². The number of nitrogens with one attached hydrogen (secondary N) is 1. The van der Waals surface area contributed by atoms with Gasteiger partial charge < -0.3 is 10.1 Å². The van der Waals surface area contributed by atoms with E-state index in [4.69, 9.17) is 4.74 Å². The molecule has 0 saturated carbocycles. The van der Waals surface area contributed by atoms with E-state index < -0.39 is 0 Å². The lowest BCUT2D eigenvalue weighted by molar-refractivity contribution is 0.201. The smallest absolute Gasteiger partial charge is 0.0635 e. The van der Waals surface area contributed by atoms with Crippen LogP contribution >= 0.6 is 0 Å². The van der Waals surface area contributed by atoms with Crippen molar-refractivity contribution in [3.63, 3.8) is 0 Å². The van der Waals surface area contributed by atoms with Gasteiger partial charge in [0.2, 0.25) is 0 Å². The van der Waals surface area contributed by atoms with Crippen LogP contribution in [0, 0.1) is 0 Å². The molecular formula is C8H17NO. The Morgan fingerprint density at radius 1 is 1.60 bits per heavy atom. The second kappa shape index (κ2) is 6.62. The van der Waals surface area contributed by atoms with Crippen molar-refractivity contribution < 1.29 is 4.74 Å². The predicted molar refractivity (Wildman–Crippen MR) is 43.9 cm³/mol. The zero-order chi connectivity index (χ0) is 7.82. The first-order chi connectivity index (χ1) is 4.85. The zero-order valence-corrected chi connectivity index (χ0v) is 7.11. The number of hydrogen-bond donors (Lipinski definition) is 1. The van der Waals surface area contributed by atoms with Gasteiger partial charge >= 0.3 is 0 Å². The van der Waals surface area contributed by atoms with E-state index in [1.165, 1.54) is 5.70 Å². The molecule has 60 valence electrons. The molecule has 0 heterocycles. The summed E-state index contributed by atoms with van der Waals surface area (Å²) in [7, 11) is 1.71. The van der Waals surface area contributed by atoms with Crippen LogP contribution in [0.25, 0.3) is 0 Å². The summed E-state index contributed by atoms with van der Waals surface area (Å²) in [6, 6.07) is 0. The van der Waals surface area contributed by atoms with Gasteiger partial charge in [-0.2, -0.15) is 0 Å². The van der Waals surface area contributed by atoms with Crippen molar-refractivity contribution in [2.24, 2.45) is 0 Å². The monoisotopic (exact) mass is 143 g/mol. The van der Waals surface area contributed by atoms with Crippen molar-refractivity contribution in [1.29, 1.82) is 0 Å². The maximum Gasteiger partial charge on any atom is 0.0635 e. The van der Waals surface area contributed by atoms with Crippen molar-refractivity contribution in [2.75, 3.05) is 20.3 Å². The van der Waals surface area contributed by atoms with Crippen LogP contribution in [0.1, 0.15) is 20.3 Å². The summed E-state index contributed by atoms with van der Waals surface area (Å²) in [4.78, 5) is 0. The summed E-state index contributed by atoms with van der Waals surface area (Å²) >= 11 is 0. The number of rotatable bonds is 5. The first-order valence-corrected chi connectivity index (χ1v) is 3.73. The van der Waals surface area contributed by atoms with Gasteiger partial charge in [-0.05, 0) is 13.3 Å². The van der Waals surface area contributed by atoms with Crippen LogP contribution in [0.4, 0.5) is 0 Å². The van der Waals surface area contributed by atoms with Crippen LogP contribution < -0.4 is 5.32 Å². The highest BCUT2D eigenvalue weighted by Gasteiger charge is 1.88. The molecule has 1 N–H and O–H groups in total. The molecule has 0 aromatic rings. The second-order valence-corrected chi connectivity index (χ2v) is 2.09. The Kier molecular flexibility index (Phi) is 6.29. The van der Waals surface area contributed by atoms with Crippen molar-refractivity contribution >= 4 is 0 Å². The Hall–Kier alpha value is -0.500. The molecule has 0 atom stereocenters. The van der Waals surface area contributed by atoms with Gasteiger partial charge in [0.25, 0.3) is 0 Å². The maximum absolute atomic E-state index is 4.89. The Labute approximate surface area is 63.3 Å². The molecule has 0 aliphatic rings. The minimum atomic E-state index is 0.775. The van der Waals surface area contributed by atoms with Crippen molar-refractivity contribution in [3.8, 4) is 0 Å². The summed E-state index contributed by atoms with van der Waals surface area (Å²) in [5.74, 6) is 0. The topological polar surface area (TPSA) is 21.3 Å². The van der Waals surface area contributed by atoms with E-state index in [-0.39, 0.29) is 0 Å². The summed E-state index contributed by atoms with van der Waals surface area (Å²) < 4.78 is 4.89. The fourth-order valence-corrected chi connectivity index (χ4v) is 0.745. The SMILES string of the molecule is C/C=C(/CC)NCCOC. The van der Waals surface area contributed by atoms with E-state index >= 15 is 0 Å². The molecule has 0 aliphatic heterocycles. The molecule has 0 fully saturated rings.